The number of para-hydroxylation sites is 1. The van der Waals surface area contributed by atoms with Crippen molar-refractivity contribution in [2.45, 2.75) is 31.7 Å². The van der Waals surface area contributed by atoms with E-state index in [1.807, 2.05) is 45.0 Å². The van der Waals surface area contributed by atoms with Gasteiger partial charge in [-0.3, -0.25) is 4.79 Å². The van der Waals surface area contributed by atoms with Gasteiger partial charge >= 0.3 is 0 Å². The average Bonchev–Trinajstić information content (AvgIpc) is 3.16. The monoisotopic (exact) mass is 443 g/mol. The number of amides is 1. The van der Waals surface area contributed by atoms with Gasteiger partial charge < -0.3 is 5.32 Å². The van der Waals surface area contributed by atoms with Crippen molar-refractivity contribution in [3.63, 3.8) is 0 Å². The van der Waals surface area contributed by atoms with Gasteiger partial charge in [0.2, 0.25) is 15.9 Å². The third-order valence-corrected chi connectivity index (χ3v) is 7.84. The Labute approximate surface area is 181 Å². The fraction of sp³-hybridized carbons (Fsp3) is 0.273. The highest BCUT2D eigenvalue weighted by molar-refractivity contribution is 7.89. The van der Waals surface area contributed by atoms with Crippen LogP contribution in [-0.2, 0) is 14.8 Å². The van der Waals surface area contributed by atoms with Crippen molar-refractivity contribution in [3.8, 4) is 0 Å². The van der Waals surface area contributed by atoms with E-state index in [-0.39, 0.29) is 16.8 Å². The van der Waals surface area contributed by atoms with Crippen molar-refractivity contribution in [2.75, 3.05) is 13.1 Å². The van der Waals surface area contributed by atoms with Crippen molar-refractivity contribution in [1.29, 1.82) is 0 Å². The molecule has 3 rings (SSSR count). The number of carbonyl (C=O) groups excluding carboxylic acids is 1. The Balaban J connectivity index is 1.65. The van der Waals surface area contributed by atoms with Crippen molar-refractivity contribution >= 4 is 43.6 Å². The summed E-state index contributed by atoms with van der Waals surface area (Å²) in [5.74, 6) is -0.235. The van der Waals surface area contributed by atoms with Gasteiger partial charge in [-0.1, -0.05) is 38.1 Å². The van der Waals surface area contributed by atoms with Crippen LogP contribution in [0.5, 0.6) is 0 Å². The molecule has 0 aliphatic heterocycles. The molecule has 30 heavy (non-hydrogen) atoms. The summed E-state index contributed by atoms with van der Waals surface area (Å²) in [6.07, 6.45) is 3.17. The molecule has 0 saturated carbocycles. The van der Waals surface area contributed by atoms with Crippen LogP contribution in [0.15, 0.2) is 59.5 Å². The number of nitrogens with one attached hydrogen (secondary N) is 1. The van der Waals surface area contributed by atoms with Crippen LogP contribution in [0.1, 0.15) is 37.4 Å². The predicted octanol–water partition coefficient (Wildman–Crippen LogP) is 4.22. The smallest absolute Gasteiger partial charge is 0.244 e. The molecule has 1 heterocycles. The minimum absolute atomic E-state index is 0.235. The molecule has 1 unspecified atom stereocenters. The third-order valence-electron chi connectivity index (χ3n) is 4.77. The zero-order valence-electron chi connectivity index (χ0n) is 17.2. The summed E-state index contributed by atoms with van der Waals surface area (Å²) in [7, 11) is -3.49. The van der Waals surface area contributed by atoms with Gasteiger partial charge in [-0.25, -0.2) is 13.4 Å². The summed E-state index contributed by atoms with van der Waals surface area (Å²) in [5.41, 5.74) is 1.74. The molecule has 0 saturated heterocycles. The molecule has 1 atom stereocenters. The molecule has 0 fully saturated rings. The Morgan fingerprint density at radius 1 is 1.13 bits per heavy atom. The van der Waals surface area contributed by atoms with E-state index in [0.29, 0.717) is 13.1 Å². The number of nitrogens with zero attached hydrogens (tertiary/aromatic N) is 2. The van der Waals surface area contributed by atoms with Crippen LogP contribution in [0.25, 0.3) is 16.3 Å². The van der Waals surface area contributed by atoms with E-state index < -0.39 is 10.0 Å². The van der Waals surface area contributed by atoms with Crippen LogP contribution < -0.4 is 5.32 Å². The number of hydrogen-bond acceptors (Lipinski definition) is 5. The molecule has 0 aliphatic rings. The van der Waals surface area contributed by atoms with Crippen molar-refractivity contribution < 1.29 is 13.2 Å². The van der Waals surface area contributed by atoms with E-state index in [9.17, 15) is 13.2 Å². The van der Waals surface area contributed by atoms with Crippen LogP contribution in [0.4, 0.5) is 0 Å². The van der Waals surface area contributed by atoms with Gasteiger partial charge in [-0.2, -0.15) is 4.31 Å². The van der Waals surface area contributed by atoms with Crippen molar-refractivity contribution in [2.24, 2.45) is 0 Å². The summed E-state index contributed by atoms with van der Waals surface area (Å²) in [5, 5.41) is 3.66. The van der Waals surface area contributed by atoms with Gasteiger partial charge in [0.15, 0.2) is 0 Å². The number of fused-ring (bicyclic) bond motifs is 1. The first-order valence-corrected chi connectivity index (χ1v) is 12.0. The third kappa shape index (κ3) is 4.95. The number of hydrogen-bond donors (Lipinski definition) is 1. The molecule has 3 aromatic rings. The predicted molar refractivity (Wildman–Crippen MR) is 122 cm³/mol. The zero-order valence-corrected chi connectivity index (χ0v) is 18.8. The maximum absolute atomic E-state index is 12.6. The van der Waals surface area contributed by atoms with Crippen LogP contribution in [-0.4, -0.2) is 36.7 Å². The average molecular weight is 444 g/mol. The molecule has 2 aromatic carbocycles. The van der Waals surface area contributed by atoms with Crippen LogP contribution in [0.3, 0.4) is 0 Å². The number of sulfonamides is 1. The molecular weight excluding hydrogens is 418 g/mol. The number of benzene rings is 2. The fourth-order valence-corrected chi connectivity index (χ4v) is 5.42. The highest BCUT2D eigenvalue weighted by Crippen LogP contribution is 2.23. The molecule has 1 amide bonds. The molecule has 6 nitrogen and oxygen atoms in total. The van der Waals surface area contributed by atoms with Crippen LogP contribution in [0, 0.1) is 0 Å². The molecule has 1 N–H and O–H groups in total. The molecule has 0 aliphatic carbocycles. The highest BCUT2D eigenvalue weighted by Gasteiger charge is 2.21. The molecule has 158 valence electrons. The Bertz CT molecular complexity index is 1110. The lowest BCUT2D eigenvalue weighted by molar-refractivity contribution is -0.117. The minimum atomic E-state index is -3.49. The Morgan fingerprint density at radius 3 is 2.43 bits per heavy atom. The van der Waals surface area contributed by atoms with Crippen LogP contribution in [0.2, 0.25) is 0 Å². The van der Waals surface area contributed by atoms with Gasteiger partial charge in [0.25, 0.3) is 0 Å². The summed E-state index contributed by atoms with van der Waals surface area (Å²) >= 11 is 1.53. The zero-order chi connectivity index (χ0) is 21.7. The number of aromatic nitrogens is 1. The normalized spacial score (nSPS) is 13.2. The summed E-state index contributed by atoms with van der Waals surface area (Å²) in [6, 6.07) is 14.2. The summed E-state index contributed by atoms with van der Waals surface area (Å²) < 4.78 is 27.7. The molecule has 0 bridgehead atoms. The quantitative estimate of drug-likeness (QED) is 0.529. The standard InChI is InChI=1S/C22H25N3O3S2/c1-4-25(5-2)30(27,28)18-12-10-17(11-13-18)16(3)23-21(26)14-15-22-24-19-8-6-7-9-20(19)29-22/h6-16H,4-5H2,1-3H3,(H,23,26)/b15-14+. The van der Waals surface area contributed by atoms with E-state index in [1.165, 1.54) is 21.7 Å². The van der Waals surface area contributed by atoms with E-state index >= 15 is 0 Å². The van der Waals surface area contributed by atoms with Crippen LogP contribution >= 0.6 is 11.3 Å². The lowest BCUT2D eigenvalue weighted by Crippen LogP contribution is -2.30. The van der Waals surface area contributed by atoms with Gasteiger partial charge in [0.1, 0.15) is 5.01 Å². The van der Waals surface area contributed by atoms with Gasteiger partial charge in [-0.15, -0.1) is 11.3 Å². The topological polar surface area (TPSA) is 79.4 Å². The number of thiazole rings is 1. The SMILES string of the molecule is CCN(CC)S(=O)(=O)c1ccc(C(C)NC(=O)/C=C/c2nc3ccccc3s2)cc1. The second-order valence-corrected chi connectivity index (χ2v) is 9.74. The first-order valence-electron chi connectivity index (χ1n) is 9.79. The van der Waals surface area contributed by atoms with Gasteiger partial charge in [-0.05, 0) is 42.8 Å². The summed E-state index contributed by atoms with van der Waals surface area (Å²) in [6.45, 7) is 6.34. The highest BCUT2D eigenvalue weighted by atomic mass is 32.2. The molecule has 1 aromatic heterocycles. The first-order chi connectivity index (χ1) is 14.3. The Morgan fingerprint density at radius 2 is 1.80 bits per heavy atom. The van der Waals surface area contributed by atoms with Crippen molar-refractivity contribution in [3.05, 3.63) is 65.2 Å². The Hall–Kier alpha value is -2.55. The second-order valence-electron chi connectivity index (χ2n) is 6.74. The maximum atomic E-state index is 12.6. The fourth-order valence-electron chi connectivity index (χ4n) is 3.09. The van der Waals surface area contributed by atoms with E-state index in [2.05, 4.69) is 10.3 Å². The molecular formula is C22H25N3O3S2. The number of carbonyl (C=O) groups is 1. The maximum Gasteiger partial charge on any atom is 0.244 e. The van der Waals surface area contributed by atoms with Gasteiger partial charge in [0.05, 0.1) is 21.2 Å². The Kier molecular flexibility index (Phi) is 7.02. The van der Waals surface area contributed by atoms with E-state index in [0.717, 1.165) is 20.8 Å². The first kappa shape index (κ1) is 22.1. The minimum Gasteiger partial charge on any atom is -0.346 e. The molecule has 0 radical (unpaired) electrons. The van der Waals surface area contributed by atoms with E-state index in [1.54, 1.807) is 30.3 Å². The lowest BCUT2D eigenvalue weighted by Gasteiger charge is -2.19. The molecule has 0 spiro atoms. The second kappa shape index (κ2) is 9.51. The van der Waals surface area contributed by atoms with Crippen molar-refractivity contribution in [1.82, 2.24) is 14.6 Å². The lowest BCUT2D eigenvalue weighted by atomic mass is 10.1. The summed E-state index contributed by atoms with van der Waals surface area (Å²) in [4.78, 5) is 17.0. The largest absolute Gasteiger partial charge is 0.346 e. The van der Waals surface area contributed by atoms with Gasteiger partial charge in [0, 0.05) is 19.2 Å². The molecule has 8 heteroatoms. The van der Waals surface area contributed by atoms with E-state index in [4.69, 9.17) is 0 Å². The number of rotatable bonds is 8.